The molecule has 0 radical (unpaired) electrons. The van der Waals surface area contributed by atoms with E-state index in [4.69, 9.17) is 20.9 Å². The lowest BCUT2D eigenvalue weighted by Gasteiger charge is -2.15. The number of carbonyl (C=O) groups is 2. The first-order valence-electron chi connectivity index (χ1n) is 9.63. The Hall–Kier alpha value is -2.73. The molecule has 1 amide bonds. The fraction of sp³-hybridized carbons (Fsp3) is 0.286. The molecule has 2 N–H and O–H groups in total. The zero-order valence-electron chi connectivity index (χ0n) is 18.5. The van der Waals surface area contributed by atoms with Crippen molar-refractivity contribution in [2.24, 2.45) is 0 Å². The van der Waals surface area contributed by atoms with Crippen LogP contribution in [0.15, 0.2) is 26.9 Å². The van der Waals surface area contributed by atoms with E-state index in [9.17, 15) is 18.0 Å². The molecular formula is C21H22ClN3O6S2. The molecule has 0 aliphatic rings. The summed E-state index contributed by atoms with van der Waals surface area (Å²) < 4.78 is 38.3. The van der Waals surface area contributed by atoms with E-state index in [0.717, 1.165) is 16.9 Å². The summed E-state index contributed by atoms with van der Waals surface area (Å²) >= 11 is 6.99. The number of aromatic nitrogens is 1. The number of sulfonamides is 1. The number of amides is 1. The van der Waals surface area contributed by atoms with E-state index in [1.165, 1.54) is 7.11 Å². The van der Waals surface area contributed by atoms with Gasteiger partial charge in [0.2, 0.25) is 0 Å². The fourth-order valence-corrected chi connectivity index (χ4v) is 6.12. The fourth-order valence-electron chi connectivity index (χ4n) is 3.25. The topological polar surface area (TPSA) is 128 Å². The van der Waals surface area contributed by atoms with Gasteiger partial charge in [0.05, 0.1) is 5.69 Å². The van der Waals surface area contributed by atoms with Crippen molar-refractivity contribution in [2.45, 2.75) is 32.6 Å². The van der Waals surface area contributed by atoms with Crippen molar-refractivity contribution in [1.29, 1.82) is 0 Å². The van der Waals surface area contributed by atoms with Gasteiger partial charge in [-0.15, -0.1) is 11.3 Å². The molecule has 1 aromatic carbocycles. The van der Waals surface area contributed by atoms with Crippen LogP contribution in [0.4, 0.5) is 11.6 Å². The van der Waals surface area contributed by atoms with Gasteiger partial charge in [-0.25, -0.2) is 13.1 Å². The Morgan fingerprint density at radius 2 is 1.88 bits per heavy atom. The number of anilines is 2. The van der Waals surface area contributed by atoms with E-state index in [2.05, 4.69) is 15.2 Å². The quantitative estimate of drug-likeness (QED) is 0.426. The van der Waals surface area contributed by atoms with Crippen molar-refractivity contribution < 1.29 is 27.3 Å². The maximum absolute atomic E-state index is 13.2. The Labute approximate surface area is 200 Å². The molecule has 0 unspecified atom stereocenters. The average molecular weight is 512 g/mol. The minimum Gasteiger partial charge on any atom is -0.377 e. The van der Waals surface area contributed by atoms with Crippen molar-refractivity contribution in [3.8, 4) is 0 Å². The molecule has 0 bridgehead atoms. The molecule has 3 rings (SSSR count). The molecule has 0 atom stereocenters. The average Bonchev–Trinajstić information content (AvgIpc) is 3.27. The highest BCUT2D eigenvalue weighted by molar-refractivity contribution is 7.93. The predicted molar refractivity (Wildman–Crippen MR) is 126 cm³/mol. The van der Waals surface area contributed by atoms with Gasteiger partial charge in [-0.05, 0) is 55.8 Å². The summed E-state index contributed by atoms with van der Waals surface area (Å²) in [6.07, 6.45) is 0. The third-order valence-corrected chi connectivity index (χ3v) is 7.89. The number of halogens is 1. The van der Waals surface area contributed by atoms with Gasteiger partial charge in [-0.1, -0.05) is 22.8 Å². The molecule has 0 saturated carbocycles. The van der Waals surface area contributed by atoms with Crippen LogP contribution < -0.4 is 10.0 Å². The van der Waals surface area contributed by atoms with Crippen LogP contribution in [-0.4, -0.2) is 39.0 Å². The smallest absolute Gasteiger partial charge is 0.267 e. The Morgan fingerprint density at radius 3 is 2.48 bits per heavy atom. The summed E-state index contributed by atoms with van der Waals surface area (Å²) in [5.74, 6) is -1.23. The second-order valence-corrected chi connectivity index (χ2v) is 10.3. The van der Waals surface area contributed by atoms with Crippen LogP contribution in [0, 0.1) is 27.7 Å². The highest BCUT2D eigenvalue weighted by Gasteiger charge is 2.30. The van der Waals surface area contributed by atoms with Crippen molar-refractivity contribution in [1.82, 2.24) is 5.16 Å². The minimum absolute atomic E-state index is 0.0223. The molecule has 33 heavy (non-hydrogen) atoms. The number of hydrogen-bond acceptors (Lipinski definition) is 8. The number of rotatable bonds is 8. The molecule has 0 aliphatic heterocycles. The summed E-state index contributed by atoms with van der Waals surface area (Å²) in [6, 6.07) is 3.46. The highest BCUT2D eigenvalue weighted by Crippen LogP contribution is 2.33. The standard InChI is InChI=1S/C21H22ClN3O6S2/c1-10-6-11(2)17(14(7-10)15(26)8-30-5)23-20(27)18-19(12(3)9-32-18)33(28,29)25-21-16(22)13(4)24-31-21/h6-7,9,25H,8H2,1-5H3,(H,23,27). The van der Waals surface area contributed by atoms with Crippen LogP contribution in [0.5, 0.6) is 0 Å². The Kier molecular flexibility index (Phi) is 7.27. The number of ketones is 1. The number of methoxy groups -OCH3 is 1. The molecule has 0 saturated heterocycles. The first-order chi connectivity index (χ1) is 15.5. The van der Waals surface area contributed by atoms with Gasteiger partial charge in [0.1, 0.15) is 27.1 Å². The van der Waals surface area contributed by atoms with Crippen LogP contribution >= 0.6 is 22.9 Å². The zero-order valence-corrected chi connectivity index (χ0v) is 20.9. The van der Waals surface area contributed by atoms with Gasteiger partial charge in [0.15, 0.2) is 5.78 Å². The Morgan fingerprint density at radius 1 is 1.18 bits per heavy atom. The van der Waals surface area contributed by atoms with Gasteiger partial charge in [0, 0.05) is 12.7 Å². The Bertz CT molecular complexity index is 1340. The summed E-state index contributed by atoms with van der Waals surface area (Å²) in [6.45, 7) is 6.55. The van der Waals surface area contributed by atoms with Crippen LogP contribution in [0.1, 0.15) is 42.4 Å². The molecule has 176 valence electrons. The van der Waals surface area contributed by atoms with Gasteiger partial charge in [-0.2, -0.15) is 0 Å². The minimum atomic E-state index is -4.24. The van der Waals surface area contributed by atoms with Crippen molar-refractivity contribution in [3.63, 3.8) is 0 Å². The first kappa shape index (κ1) is 24.9. The number of ether oxygens (including phenoxy) is 1. The lowest BCUT2D eigenvalue weighted by Crippen LogP contribution is -2.21. The molecule has 0 fully saturated rings. The van der Waals surface area contributed by atoms with Gasteiger partial charge < -0.3 is 14.6 Å². The number of thiophene rings is 1. The lowest BCUT2D eigenvalue weighted by atomic mass is 10.0. The summed E-state index contributed by atoms with van der Waals surface area (Å²) in [4.78, 5) is 25.5. The zero-order chi connectivity index (χ0) is 24.5. The molecule has 2 heterocycles. The van der Waals surface area contributed by atoms with E-state index >= 15 is 0 Å². The number of carbonyl (C=O) groups excluding carboxylic acids is 2. The van der Waals surface area contributed by atoms with E-state index in [-0.39, 0.29) is 38.6 Å². The van der Waals surface area contributed by atoms with Crippen LogP contribution in [0.25, 0.3) is 0 Å². The van der Waals surface area contributed by atoms with E-state index in [0.29, 0.717) is 22.5 Å². The highest BCUT2D eigenvalue weighted by atomic mass is 35.5. The molecule has 12 heteroatoms. The normalized spacial score (nSPS) is 11.5. The summed E-state index contributed by atoms with van der Waals surface area (Å²) in [5, 5.41) is 7.90. The molecule has 0 spiro atoms. The first-order valence-corrected chi connectivity index (χ1v) is 12.4. The molecule has 0 aliphatic carbocycles. The van der Waals surface area contributed by atoms with E-state index in [1.807, 2.05) is 13.0 Å². The van der Waals surface area contributed by atoms with Crippen LogP contribution in [0.3, 0.4) is 0 Å². The van der Waals surface area contributed by atoms with Gasteiger partial charge >= 0.3 is 0 Å². The Balaban J connectivity index is 2.00. The number of aryl methyl sites for hydroxylation is 4. The maximum Gasteiger partial charge on any atom is 0.267 e. The number of Topliss-reactive ketones (excluding diaryl/α,β-unsaturated/α-hetero) is 1. The van der Waals surface area contributed by atoms with E-state index < -0.39 is 15.9 Å². The monoisotopic (exact) mass is 511 g/mol. The third-order valence-electron chi connectivity index (χ3n) is 4.71. The number of nitrogens with one attached hydrogen (secondary N) is 2. The van der Waals surface area contributed by atoms with Crippen molar-refractivity contribution in [3.05, 3.63) is 55.4 Å². The van der Waals surface area contributed by atoms with E-state index in [1.54, 1.807) is 32.2 Å². The molecule has 2 aromatic heterocycles. The number of nitrogens with zero attached hydrogens (tertiary/aromatic N) is 1. The lowest BCUT2D eigenvalue weighted by molar-refractivity contribution is 0.0848. The third kappa shape index (κ3) is 5.11. The maximum atomic E-state index is 13.2. The van der Waals surface area contributed by atoms with Gasteiger partial charge in [0.25, 0.3) is 21.8 Å². The second kappa shape index (κ2) is 9.64. The SMILES string of the molecule is COCC(=O)c1cc(C)cc(C)c1NC(=O)c1scc(C)c1S(=O)(=O)Nc1onc(C)c1Cl. The van der Waals surface area contributed by atoms with Crippen molar-refractivity contribution >= 4 is 56.2 Å². The predicted octanol–water partition coefficient (Wildman–Crippen LogP) is 4.51. The number of benzene rings is 1. The van der Waals surface area contributed by atoms with Crippen molar-refractivity contribution in [2.75, 3.05) is 23.8 Å². The summed E-state index contributed by atoms with van der Waals surface area (Å²) in [7, 11) is -2.83. The second-order valence-electron chi connectivity index (χ2n) is 7.41. The van der Waals surface area contributed by atoms with Gasteiger partial charge in [-0.3, -0.25) is 9.59 Å². The van der Waals surface area contributed by atoms with Crippen LogP contribution in [-0.2, 0) is 14.8 Å². The largest absolute Gasteiger partial charge is 0.377 e. The molecule has 3 aromatic rings. The molecular weight excluding hydrogens is 490 g/mol. The molecule has 9 nitrogen and oxygen atoms in total. The number of hydrogen-bond donors (Lipinski definition) is 2. The van der Waals surface area contributed by atoms with Crippen LogP contribution in [0.2, 0.25) is 5.02 Å². The summed E-state index contributed by atoms with van der Waals surface area (Å²) in [5.41, 5.74) is 2.75.